The predicted octanol–water partition coefficient (Wildman–Crippen LogP) is 5.45. The number of alkyl halides is 3. The van der Waals surface area contributed by atoms with Gasteiger partial charge in [-0.15, -0.1) is 0 Å². The van der Waals surface area contributed by atoms with E-state index in [1.54, 1.807) is 17.7 Å². The number of aromatic nitrogens is 3. The number of nitrogens with one attached hydrogen (secondary N) is 2. The van der Waals surface area contributed by atoms with Crippen LogP contribution in [0.4, 0.5) is 24.7 Å². The number of carbonyl (C=O) groups excluding carboxylic acids is 1. The summed E-state index contributed by atoms with van der Waals surface area (Å²) in [5.41, 5.74) is -6.01. The molecule has 40 heavy (non-hydrogen) atoms. The van der Waals surface area contributed by atoms with E-state index < -0.39 is 34.3 Å². The molecule has 2 heterocycles. The monoisotopic (exact) mass is 559 g/mol. The van der Waals surface area contributed by atoms with Crippen LogP contribution in [0.3, 0.4) is 0 Å². The van der Waals surface area contributed by atoms with E-state index in [2.05, 4.69) is 21.5 Å². The average Bonchev–Trinajstić information content (AvgIpc) is 3.29. The van der Waals surface area contributed by atoms with Crippen LogP contribution in [0, 0.1) is 22.7 Å². The van der Waals surface area contributed by atoms with Crippen molar-refractivity contribution in [3.05, 3.63) is 52.4 Å². The van der Waals surface area contributed by atoms with Crippen LogP contribution in [-0.4, -0.2) is 38.6 Å². The van der Waals surface area contributed by atoms with Gasteiger partial charge in [0.2, 0.25) is 5.60 Å². The number of pyridine rings is 1. The van der Waals surface area contributed by atoms with Gasteiger partial charge < -0.3 is 20.1 Å². The fourth-order valence-electron chi connectivity index (χ4n) is 5.33. The van der Waals surface area contributed by atoms with Crippen molar-refractivity contribution in [2.24, 2.45) is 11.3 Å². The molecule has 0 aliphatic heterocycles. The number of esters is 1. The number of carbonyl (C=O) groups is 1. The van der Waals surface area contributed by atoms with Crippen molar-refractivity contribution in [3.63, 3.8) is 0 Å². The molecule has 1 aliphatic carbocycles. The minimum atomic E-state index is -5.20. The molecule has 1 aliphatic rings. The Hall–Kier alpha value is -3.85. The van der Waals surface area contributed by atoms with Crippen molar-refractivity contribution in [2.75, 3.05) is 11.9 Å². The number of fused-ring (bicyclic) bond motifs is 1. The van der Waals surface area contributed by atoms with E-state index in [9.17, 15) is 33.1 Å². The van der Waals surface area contributed by atoms with Crippen LogP contribution in [0.1, 0.15) is 64.5 Å². The number of hydrogen-bond acceptors (Lipinski definition) is 7. The predicted molar refractivity (Wildman–Crippen MR) is 142 cm³/mol. The lowest BCUT2D eigenvalue weighted by Gasteiger charge is -2.42. The summed E-state index contributed by atoms with van der Waals surface area (Å²) in [6, 6.07) is 8.56. The first-order valence-corrected chi connectivity index (χ1v) is 13.2. The van der Waals surface area contributed by atoms with E-state index in [1.165, 1.54) is 18.3 Å². The molecule has 214 valence electrons. The number of ether oxygens (including phenoxy) is 1. The van der Waals surface area contributed by atoms with Crippen molar-refractivity contribution in [1.29, 1.82) is 5.26 Å². The van der Waals surface area contributed by atoms with Gasteiger partial charge in [0, 0.05) is 11.9 Å². The molecule has 12 heteroatoms. The third kappa shape index (κ3) is 4.94. The number of halogens is 3. The minimum Gasteiger partial charge on any atom is -0.465 e. The number of aromatic amines is 1. The zero-order chi connectivity index (χ0) is 29.3. The Labute approximate surface area is 229 Å². The second-order valence-electron chi connectivity index (χ2n) is 10.6. The second-order valence-corrected chi connectivity index (χ2v) is 10.6. The zero-order valence-electron chi connectivity index (χ0n) is 22.5. The summed E-state index contributed by atoms with van der Waals surface area (Å²) in [4.78, 5) is 28.0. The molecule has 4 rings (SSSR count). The number of H-pyrrole nitrogens is 1. The Morgan fingerprint density at radius 3 is 2.52 bits per heavy atom. The van der Waals surface area contributed by atoms with Crippen molar-refractivity contribution >= 4 is 28.4 Å². The van der Waals surface area contributed by atoms with Crippen LogP contribution >= 0.6 is 0 Å². The van der Waals surface area contributed by atoms with Crippen LogP contribution in [0.15, 0.2) is 41.3 Å². The van der Waals surface area contributed by atoms with Crippen LogP contribution in [0.25, 0.3) is 10.9 Å². The molecule has 1 fully saturated rings. The number of nitrogens with zero attached hydrogens (tertiary/aromatic N) is 3. The molecule has 1 aromatic carbocycles. The lowest BCUT2D eigenvalue weighted by atomic mass is 9.70. The summed E-state index contributed by atoms with van der Waals surface area (Å²) in [6.45, 7) is 3.62. The maximum Gasteiger partial charge on any atom is 0.422 e. The third-order valence-corrected chi connectivity index (χ3v) is 7.67. The molecule has 3 N–H and O–H groups in total. The van der Waals surface area contributed by atoms with Crippen molar-refractivity contribution in [1.82, 2.24) is 14.8 Å². The number of anilines is 2. The highest BCUT2D eigenvalue weighted by molar-refractivity contribution is 5.91. The highest BCUT2D eigenvalue weighted by atomic mass is 19.4. The van der Waals surface area contributed by atoms with Crippen molar-refractivity contribution in [2.45, 2.75) is 70.7 Å². The largest absolute Gasteiger partial charge is 0.465 e. The van der Waals surface area contributed by atoms with Crippen LogP contribution in [0.5, 0.6) is 0 Å². The second kappa shape index (κ2) is 11.0. The first-order valence-electron chi connectivity index (χ1n) is 13.2. The molecular formula is C28H32F3N5O4. The smallest absolute Gasteiger partial charge is 0.422 e. The van der Waals surface area contributed by atoms with Crippen molar-refractivity contribution in [3.8, 4) is 6.07 Å². The third-order valence-electron chi connectivity index (χ3n) is 7.67. The lowest BCUT2D eigenvalue weighted by molar-refractivity contribution is -0.303. The van der Waals surface area contributed by atoms with E-state index in [4.69, 9.17) is 4.74 Å². The molecule has 0 saturated heterocycles. The first-order chi connectivity index (χ1) is 18.9. The molecule has 2 aromatic heterocycles. The Kier molecular flexibility index (Phi) is 7.99. The van der Waals surface area contributed by atoms with Gasteiger partial charge in [0.15, 0.2) is 5.82 Å². The van der Waals surface area contributed by atoms with E-state index in [0.717, 1.165) is 51.7 Å². The SMILES string of the molecule is CCCOC(=O)C(C)(C)C(O)(c1ccc(Nc2nn([C@H]3CCCC[C@@H]3C#N)c3cc[nH]c(=O)c23)cc1)C(F)(F)F. The zero-order valence-corrected chi connectivity index (χ0v) is 22.5. The molecule has 0 radical (unpaired) electrons. The van der Waals surface area contributed by atoms with Gasteiger partial charge >= 0.3 is 12.1 Å². The molecular weight excluding hydrogens is 527 g/mol. The van der Waals surface area contributed by atoms with Gasteiger partial charge in [-0.05, 0) is 56.9 Å². The average molecular weight is 560 g/mol. The molecule has 9 nitrogen and oxygen atoms in total. The maximum absolute atomic E-state index is 14.3. The quantitative estimate of drug-likeness (QED) is 0.313. The summed E-state index contributed by atoms with van der Waals surface area (Å²) < 4.78 is 49.6. The number of nitriles is 1. The number of aliphatic hydroxyl groups is 1. The molecule has 0 bridgehead atoms. The Morgan fingerprint density at radius 2 is 1.90 bits per heavy atom. The van der Waals surface area contributed by atoms with E-state index in [-0.39, 0.29) is 29.8 Å². The van der Waals surface area contributed by atoms with Crippen LogP contribution in [-0.2, 0) is 15.1 Å². The van der Waals surface area contributed by atoms with Gasteiger partial charge in [-0.1, -0.05) is 31.9 Å². The van der Waals surface area contributed by atoms with E-state index >= 15 is 0 Å². The van der Waals surface area contributed by atoms with E-state index in [1.807, 2.05) is 0 Å². The van der Waals surface area contributed by atoms with Gasteiger partial charge in [0.1, 0.15) is 10.8 Å². The number of benzene rings is 1. The summed E-state index contributed by atoms with van der Waals surface area (Å²) in [5, 5.41) is 28.6. The highest BCUT2D eigenvalue weighted by Gasteiger charge is 2.67. The standard InChI is InChI=1S/C28H32F3N5O4/c1-4-15-40-25(38)26(2,3)27(39,28(29,30)31)18-9-11-19(12-10-18)34-23-22-21(13-14-33-24(22)37)36(35-23)20-8-6-5-7-17(20)16-32/h9-14,17,20,39H,4-8,15H2,1-3H3,(H,33,37)(H,34,35)/t17-,20+,27?/m1/s1. The molecule has 3 atom stereocenters. The van der Waals surface area contributed by atoms with Crippen LogP contribution in [0.2, 0.25) is 0 Å². The van der Waals surface area contributed by atoms with Gasteiger partial charge in [-0.25, -0.2) is 0 Å². The van der Waals surface area contributed by atoms with Crippen molar-refractivity contribution < 1.29 is 27.8 Å². The van der Waals surface area contributed by atoms with Gasteiger partial charge in [0.05, 0.1) is 30.2 Å². The first kappa shape index (κ1) is 29.1. The summed E-state index contributed by atoms with van der Waals surface area (Å²) >= 11 is 0. The molecule has 1 unspecified atom stereocenters. The summed E-state index contributed by atoms with van der Waals surface area (Å²) in [6.07, 6.45) is 0.0131. The molecule has 3 aromatic rings. The molecule has 0 spiro atoms. The van der Waals surface area contributed by atoms with Gasteiger partial charge in [-0.2, -0.15) is 23.5 Å². The lowest BCUT2D eigenvalue weighted by Crippen LogP contribution is -2.57. The fourth-order valence-corrected chi connectivity index (χ4v) is 5.33. The fraction of sp³-hybridized carbons (Fsp3) is 0.500. The normalized spacial score (nSPS) is 19.6. The topological polar surface area (TPSA) is 133 Å². The Balaban J connectivity index is 1.71. The maximum atomic E-state index is 14.3. The highest BCUT2D eigenvalue weighted by Crippen LogP contribution is 2.51. The number of rotatable bonds is 8. The van der Waals surface area contributed by atoms with Crippen LogP contribution < -0.4 is 10.9 Å². The van der Waals surface area contributed by atoms with Gasteiger partial charge in [0.25, 0.3) is 5.56 Å². The molecule has 0 amide bonds. The van der Waals surface area contributed by atoms with E-state index in [0.29, 0.717) is 17.6 Å². The Morgan fingerprint density at radius 1 is 1.23 bits per heavy atom. The Bertz CT molecular complexity index is 1470. The minimum absolute atomic E-state index is 0.0746. The number of hydrogen-bond donors (Lipinski definition) is 3. The molecule has 1 saturated carbocycles. The van der Waals surface area contributed by atoms with Gasteiger partial charge in [-0.3, -0.25) is 14.3 Å². The summed E-state index contributed by atoms with van der Waals surface area (Å²) in [5.74, 6) is -1.26. The summed E-state index contributed by atoms with van der Waals surface area (Å²) in [7, 11) is 0.